The Hall–Kier alpha value is -0.680. The molecule has 2 fully saturated rings. The molecule has 0 amide bonds. The number of ether oxygens (including phenoxy) is 2. The van der Waals surface area contributed by atoms with E-state index in [4.69, 9.17) is 9.47 Å². The maximum Gasteiger partial charge on any atom is 0.0781 e. The Labute approximate surface area is 125 Å². The van der Waals surface area contributed by atoms with Gasteiger partial charge in [-0.05, 0) is 35.2 Å². The van der Waals surface area contributed by atoms with Gasteiger partial charge in [-0.25, -0.2) is 0 Å². The smallest absolute Gasteiger partial charge is 0.0781 e. The van der Waals surface area contributed by atoms with E-state index in [9.17, 15) is 0 Å². The van der Waals surface area contributed by atoms with E-state index in [1.54, 1.807) is 11.3 Å². The lowest BCUT2D eigenvalue weighted by atomic mass is 10.0. The fourth-order valence-corrected chi connectivity index (χ4v) is 4.09. The topological polar surface area (TPSA) is 21.7 Å². The maximum absolute atomic E-state index is 6.05. The van der Waals surface area contributed by atoms with Crippen LogP contribution < -0.4 is 0 Å². The molecule has 0 unspecified atom stereocenters. The van der Waals surface area contributed by atoms with Crippen molar-refractivity contribution in [3.05, 3.63) is 35.0 Å². The van der Waals surface area contributed by atoms with Crippen LogP contribution in [0.25, 0.3) is 0 Å². The molecule has 0 radical (unpaired) electrons. The van der Waals surface area contributed by atoms with E-state index in [0.717, 1.165) is 26.3 Å². The predicted molar refractivity (Wildman–Crippen MR) is 82.0 cm³/mol. The zero-order valence-corrected chi connectivity index (χ0v) is 12.7. The third kappa shape index (κ3) is 3.14. The van der Waals surface area contributed by atoms with Crippen molar-refractivity contribution in [3.8, 4) is 0 Å². The SMILES string of the molecule is C=CCOC[C@@H]1CC[C@H]2[C@H]1OCCN2Cc1ccsc1. The molecular weight excluding hydrogens is 270 g/mol. The second kappa shape index (κ2) is 6.85. The van der Waals surface area contributed by atoms with Crippen LogP contribution in [-0.2, 0) is 16.0 Å². The molecule has 3 atom stereocenters. The summed E-state index contributed by atoms with van der Waals surface area (Å²) < 4.78 is 11.7. The van der Waals surface area contributed by atoms with E-state index >= 15 is 0 Å². The van der Waals surface area contributed by atoms with E-state index in [2.05, 4.69) is 28.3 Å². The summed E-state index contributed by atoms with van der Waals surface area (Å²) in [5.41, 5.74) is 1.43. The Bertz CT molecular complexity index is 420. The molecule has 4 heteroatoms. The van der Waals surface area contributed by atoms with Crippen molar-refractivity contribution in [2.24, 2.45) is 5.92 Å². The first-order valence-corrected chi connectivity index (χ1v) is 8.38. The van der Waals surface area contributed by atoms with Gasteiger partial charge in [0.15, 0.2) is 0 Å². The predicted octanol–water partition coefficient (Wildman–Crippen LogP) is 2.93. The van der Waals surface area contributed by atoms with Crippen molar-refractivity contribution in [2.45, 2.75) is 31.5 Å². The second-order valence-electron chi connectivity index (χ2n) is 5.67. The molecule has 0 N–H and O–H groups in total. The zero-order valence-electron chi connectivity index (χ0n) is 11.9. The molecule has 3 nitrogen and oxygen atoms in total. The highest BCUT2D eigenvalue weighted by Gasteiger charge is 2.42. The molecule has 1 aromatic heterocycles. The molecular formula is C16H23NO2S. The number of rotatable bonds is 6. The second-order valence-corrected chi connectivity index (χ2v) is 6.45. The highest BCUT2D eigenvalue weighted by molar-refractivity contribution is 7.07. The van der Waals surface area contributed by atoms with Gasteiger partial charge in [0, 0.05) is 25.0 Å². The van der Waals surface area contributed by atoms with Gasteiger partial charge in [0.25, 0.3) is 0 Å². The quantitative estimate of drug-likeness (QED) is 0.594. The van der Waals surface area contributed by atoms with E-state index in [-0.39, 0.29) is 0 Å². The van der Waals surface area contributed by atoms with Crippen LogP contribution in [0.3, 0.4) is 0 Å². The summed E-state index contributed by atoms with van der Waals surface area (Å²) in [6.45, 7) is 8.11. The van der Waals surface area contributed by atoms with Crippen molar-refractivity contribution in [2.75, 3.05) is 26.4 Å². The summed E-state index contributed by atoms with van der Waals surface area (Å²) in [5, 5.41) is 4.41. The number of hydrogen-bond acceptors (Lipinski definition) is 4. The standard InChI is InChI=1S/C16H23NO2S/c1-2-7-18-11-14-3-4-15-16(14)19-8-6-17(15)10-13-5-9-20-12-13/h2,5,9,12,14-16H,1,3-4,6-8,10-11H2/t14-,15-,16-/m0/s1. The van der Waals surface area contributed by atoms with Gasteiger partial charge < -0.3 is 9.47 Å². The highest BCUT2D eigenvalue weighted by atomic mass is 32.1. The normalized spacial score (nSPS) is 30.3. The van der Waals surface area contributed by atoms with Crippen LogP contribution in [0, 0.1) is 5.92 Å². The van der Waals surface area contributed by atoms with Crippen LogP contribution >= 0.6 is 11.3 Å². The third-order valence-corrected chi connectivity index (χ3v) is 5.10. The molecule has 2 heterocycles. The van der Waals surface area contributed by atoms with Gasteiger partial charge in [-0.3, -0.25) is 4.90 Å². The van der Waals surface area contributed by atoms with E-state index < -0.39 is 0 Å². The molecule has 0 aromatic carbocycles. The summed E-state index contributed by atoms with van der Waals surface area (Å²) in [6, 6.07) is 2.80. The van der Waals surface area contributed by atoms with Crippen LogP contribution in [0.15, 0.2) is 29.5 Å². The van der Waals surface area contributed by atoms with Gasteiger partial charge in [0.1, 0.15) is 0 Å². The molecule has 110 valence electrons. The monoisotopic (exact) mass is 293 g/mol. The molecule has 1 aromatic rings. The largest absolute Gasteiger partial charge is 0.377 e. The third-order valence-electron chi connectivity index (χ3n) is 4.37. The molecule has 1 aliphatic carbocycles. The van der Waals surface area contributed by atoms with Crippen LogP contribution in [0.4, 0.5) is 0 Å². The highest BCUT2D eigenvalue weighted by Crippen LogP contribution is 2.35. The van der Waals surface area contributed by atoms with Crippen LogP contribution in [0.2, 0.25) is 0 Å². The summed E-state index contributed by atoms with van der Waals surface area (Å²) in [4.78, 5) is 2.60. The minimum atomic E-state index is 0.354. The lowest BCUT2D eigenvalue weighted by Gasteiger charge is -2.39. The lowest BCUT2D eigenvalue weighted by molar-refractivity contribution is -0.0868. The van der Waals surface area contributed by atoms with Crippen molar-refractivity contribution in [1.29, 1.82) is 0 Å². The molecule has 1 saturated heterocycles. The number of thiophene rings is 1. The Kier molecular flexibility index (Phi) is 4.89. The van der Waals surface area contributed by atoms with Gasteiger partial charge >= 0.3 is 0 Å². The molecule has 20 heavy (non-hydrogen) atoms. The average molecular weight is 293 g/mol. The first-order valence-electron chi connectivity index (χ1n) is 7.44. The fourth-order valence-electron chi connectivity index (χ4n) is 3.43. The number of morpholine rings is 1. The van der Waals surface area contributed by atoms with Gasteiger partial charge in [-0.2, -0.15) is 11.3 Å². The van der Waals surface area contributed by atoms with Gasteiger partial charge in [0.2, 0.25) is 0 Å². The van der Waals surface area contributed by atoms with E-state index in [1.807, 2.05) is 6.08 Å². The van der Waals surface area contributed by atoms with E-state index in [0.29, 0.717) is 24.7 Å². The Morgan fingerprint density at radius 3 is 3.25 bits per heavy atom. The molecule has 1 aliphatic heterocycles. The summed E-state index contributed by atoms with van der Waals surface area (Å²) in [6.07, 6.45) is 4.62. The Morgan fingerprint density at radius 2 is 2.45 bits per heavy atom. The fraction of sp³-hybridized carbons (Fsp3) is 0.625. The number of nitrogens with zero attached hydrogens (tertiary/aromatic N) is 1. The van der Waals surface area contributed by atoms with Crippen LogP contribution in [0.5, 0.6) is 0 Å². The minimum Gasteiger partial charge on any atom is -0.377 e. The van der Waals surface area contributed by atoms with Gasteiger partial charge in [0.05, 0.1) is 25.9 Å². The molecule has 0 bridgehead atoms. The zero-order chi connectivity index (χ0) is 13.8. The average Bonchev–Trinajstić information content (AvgIpc) is 3.10. The molecule has 2 aliphatic rings. The van der Waals surface area contributed by atoms with Crippen molar-refractivity contribution in [3.63, 3.8) is 0 Å². The summed E-state index contributed by atoms with van der Waals surface area (Å²) >= 11 is 1.78. The van der Waals surface area contributed by atoms with Gasteiger partial charge in [-0.15, -0.1) is 6.58 Å². The Balaban J connectivity index is 1.58. The van der Waals surface area contributed by atoms with Crippen molar-refractivity contribution < 1.29 is 9.47 Å². The van der Waals surface area contributed by atoms with Gasteiger partial charge in [-0.1, -0.05) is 6.08 Å². The first kappa shape index (κ1) is 14.3. The molecule has 3 rings (SSSR count). The van der Waals surface area contributed by atoms with E-state index in [1.165, 1.54) is 18.4 Å². The number of hydrogen-bond donors (Lipinski definition) is 0. The maximum atomic E-state index is 6.05. The van der Waals surface area contributed by atoms with Crippen LogP contribution in [-0.4, -0.2) is 43.4 Å². The first-order chi connectivity index (χ1) is 9.88. The van der Waals surface area contributed by atoms with Crippen molar-refractivity contribution in [1.82, 2.24) is 4.90 Å². The van der Waals surface area contributed by atoms with Crippen molar-refractivity contribution >= 4 is 11.3 Å². The minimum absolute atomic E-state index is 0.354. The number of fused-ring (bicyclic) bond motifs is 1. The molecule has 0 spiro atoms. The lowest BCUT2D eigenvalue weighted by Crippen LogP contribution is -2.50. The summed E-state index contributed by atoms with van der Waals surface area (Å²) in [7, 11) is 0. The summed E-state index contributed by atoms with van der Waals surface area (Å²) in [5.74, 6) is 0.547. The Morgan fingerprint density at radius 1 is 1.50 bits per heavy atom. The molecule has 1 saturated carbocycles. The van der Waals surface area contributed by atoms with Crippen LogP contribution in [0.1, 0.15) is 18.4 Å².